The van der Waals surface area contributed by atoms with Crippen molar-refractivity contribution in [3.8, 4) is 17.2 Å². The molecular formula is C30H35NO7S. The monoisotopic (exact) mass is 553 g/mol. The Balaban J connectivity index is 1.55. The molecule has 3 rings (SSSR count). The topological polar surface area (TPSA) is 94.5 Å². The standard InChI is InChI=1S/C30H35NO7S/c1-3-36-28(29(32)33)21-23-13-15-24(16-14-23)37-19-18-31(17-8-20-39-27-11-5-4-6-12-27)30(34)38-26-10-7-9-25(22-26)35-2/h4-7,9-16,22,28H,3,8,17-21H2,1-2H3,(H,32,33). The summed E-state index contributed by atoms with van der Waals surface area (Å²) in [5, 5.41) is 9.29. The van der Waals surface area contributed by atoms with Crippen LogP contribution in [-0.2, 0) is 16.0 Å². The van der Waals surface area contributed by atoms with Crippen molar-refractivity contribution in [2.75, 3.05) is 39.2 Å². The van der Waals surface area contributed by atoms with Gasteiger partial charge in [-0.05, 0) is 61.1 Å². The first-order chi connectivity index (χ1) is 19.0. The summed E-state index contributed by atoms with van der Waals surface area (Å²) in [5.41, 5.74) is 0.836. The third kappa shape index (κ3) is 10.5. The molecule has 39 heavy (non-hydrogen) atoms. The molecule has 208 valence electrons. The van der Waals surface area contributed by atoms with E-state index >= 15 is 0 Å². The number of rotatable bonds is 16. The molecule has 1 atom stereocenters. The highest BCUT2D eigenvalue weighted by Gasteiger charge is 2.18. The highest BCUT2D eigenvalue weighted by Crippen LogP contribution is 2.21. The van der Waals surface area contributed by atoms with Crippen molar-refractivity contribution in [3.63, 3.8) is 0 Å². The zero-order chi connectivity index (χ0) is 27.9. The number of benzene rings is 3. The maximum absolute atomic E-state index is 13.0. The fourth-order valence-electron chi connectivity index (χ4n) is 3.71. The SMILES string of the molecule is CCOC(Cc1ccc(OCCN(CCCSc2ccccc2)C(=O)Oc2cccc(OC)c2)cc1)C(=O)O. The summed E-state index contributed by atoms with van der Waals surface area (Å²) in [5.74, 6) is 1.51. The van der Waals surface area contributed by atoms with Crippen molar-refractivity contribution in [2.45, 2.75) is 30.8 Å². The van der Waals surface area contributed by atoms with Gasteiger partial charge in [-0.15, -0.1) is 11.8 Å². The maximum atomic E-state index is 13.0. The molecule has 0 aliphatic rings. The van der Waals surface area contributed by atoms with E-state index in [1.54, 1.807) is 67.1 Å². The first-order valence-corrected chi connectivity index (χ1v) is 13.8. The van der Waals surface area contributed by atoms with Crippen molar-refractivity contribution in [3.05, 3.63) is 84.4 Å². The number of carboxylic acids is 1. The molecule has 8 nitrogen and oxygen atoms in total. The lowest BCUT2D eigenvalue weighted by Crippen LogP contribution is -2.37. The second-order valence-electron chi connectivity index (χ2n) is 8.53. The average Bonchev–Trinajstić information content (AvgIpc) is 2.95. The van der Waals surface area contributed by atoms with Crippen molar-refractivity contribution in [1.29, 1.82) is 0 Å². The van der Waals surface area contributed by atoms with Gasteiger partial charge in [-0.25, -0.2) is 9.59 Å². The summed E-state index contributed by atoms with van der Waals surface area (Å²) in [6.45, 7) is 3.23. The Labute approximate surface area is 233 Å². The molecule has 0 heterocycles. The van der Waals surface area contributed by atoms with Crippen molar-refractivity contribution in [1.82, 2.24) is 4.90 Å². The number of hydrogen-bond acceptors (Lipinski definition) is 7. The zero-order valence-corrected chi connectivity index (χ0v) is 23.1. The van der Waals surface area contributed by atoms with Crippen molar-refractivity contribution in [2.24, 2.45) is 0 Å². The van der Waals surface area contributed by atoms with E-state index in [1.807, 2.05) is 30.3 Å². The lowest BCUT2D eigenvalue weighted by molar-refractivity contribution is -0.149. The molecular weight excluding hydrogens is 518 g/mol. The number of carbonyl (C=O) groups is 2. The van der Waals surface area contributed by atoms with Crippen LogP contribution in [0.4, 0.5) is 4.79 Å². The van der Waals surface area contributed by atoms with Gasteiger partial charge >= 0.3 is 12.1 Å². The molecule has 9 heteroatoms. The maximum Gasteiger partial charge on any atom is 0.415 e. The second kappa shape index (κ2) is 16.3. The van der Waals surface area contributed by atoms with Gasteiger partial charge in [-0.3, -0.25) is 0 Å². The van der Waals surface area contributed by atoms with Crippen LogP contribution in [0.5, 0.6) is 17.2 Å². The van der Waals surface area contributed by atoms with Gasteiger partial charge in [0.25, 0.3) is 0 Å². The number of ether oxygens (including phenoxy) is 4. The third-order valence-corrected chi connectivity index (χ3v) is 6.80. The smallest absolute Gasteiger partial charge is 0.415 e. The van der Waals surface area contributed by atoms with Gasteiger partial charge in [0.1, 0.15) is 23.9 Å². The Hall–Kier alpha value is -3.69. The zero-order valence-electron chi connectivity index (χ0n) is 22.3. The number of methoxy groups -OCH3 is 1. The van der Waals surface area contributed by atoms with Gasteiger partial charge in [0.2, 0.25) is 0 Å². The van der Waals surface area contributed by atoms with Crippen LogP contribution in [0.2, 0.25) is 0 Å². The number of hydrogen-bond donors (Lipinski definition) is 1. The highest BCUT2D eigenvalue weighted by atomic mass is 32.2. The molecule has 0 aliphatic carbocycles. The molecule has 3 aromatic carbocycles. The average molecular weight is 554 g/mol. The number of aliphatic carboxylic acids is 1. The van der Waals surface area contributed by atoms with Gasteiger partial charge in [0.05, 0.1) is 13.7 Å². The van der Waals surface area contributed by atoms with Crippen LogP contribution in [0.1, 0.15) is 18.9 Å². The Morgan fingerprint density at radius 3 is 2.36 bits per heavy atom. The van der Waals surface area contributed by atoms with Crippen LogP contribution in [0.15, 0.2) is 83.8 Å². The van der Waals surface area contributed by atoms with Gasteiger partial charge < -0.3 is 29.0 Å². The number of carboxylic acid groups (broad SMARTS) is 1. The van der Waals surface area contributed by atoms with Crippen LogP contribution in [0, 0.1) is 0 Å². The quantitative estimate of drug-likeness (QED) is 0.176. The Morgan fingerprint density at radius 1 is 0.923 bits per heavy atom. The van der Waals surface area contributed by atoms with Crippen LogP contribution in [-0.4, -0.2) is 67.3 Å². The van der Waals surface area contributed by atoms with E-state index in [9.17, 15) is 14.7 Å². The van der Waals surface area contributed by atoms with Crippen molar-refractivity contribution < 1.29 is 33.6 Å². The first-order valence-electron chi connectivity index (χ1n) is 12.8. The van der Waals surface area contributed by atoms with Crippen LogP contribution < -0.4 is 14.2 Å². The molecule has 0 aromatic heterocycles. The Morgan fingerprint density at radius 2 is 1.67 bits per heavy atom. The third-order valence-electron chi connectivity index (χ3n) is 5.71. The van der Waals surface area contributed by atoms with Crippen LogP contribution in [0.25, 0.3) is 0 Å². The molecule has 0 spiro atoms. The molecule has 0 aliphatic heterocycles. The molecule has 1 amide bonds. The summed E-state index contributed by atoms with van der Waals surface area (Å²) in [4.78, 5) is 27.2. The van der Waals surface area contributed by atoms with Crippen molar-refractivity contribution >= 4 is 23.8 Å². The number of amides is 1. The normalized spacial score (nSPS) is 11.4. The summed E-state index contributed by atoms with van der Waals surface area (Å²) in [7, 11) is 1.56. The van der Waals surface area contributed by atoms with E-state index < -0.39 is 18.2 Å². The molecule has 0 fully saturated rings. The van der Waals surface area contributed by atoms with Crippen LogP contribution in [0.3, 0.4) is 0 Å². The number of thioether (sulfide) groups is 1. The molecule has 1 N–H and O–H groups in total. The lowest BCUT2D eigenvalue weighted by atomic mass is 10.1. The van der Waals surface area contributed by atoms with E-state index in [-0.39, 0.29) is 13.0 Å². The first kappa shape index (κ1) is 29.9. The Bertz CT molecular complexity index is 1160. The van der Waals surface area contributed by atoms with Gasteiger partial charge in [0, 0.05) is 30.5 Å². The summed E-state index contributed by atoms with van der Waals surface area (Å²) in [6.07, 6.45) is -0.283. The van der Waals surface area contributed by atoms with Gasteiger partial charge in [-0.2, -0.15) is 0 Å². The predicted molar refractivity (Wildman–Crippen MR) is 151 cm³/mol. The summed E-state index contributed by atoms with van der Waals surface area (Å²) in [6, 6.07) is 24.3. The molecule has 3 aromatic rings. The Kier molecular flexibility index (Phi) is 12.5. The van der Waals surface area contributed by atoms with Gasteiger partial charge in [0.15, 0.2) is 6.10 Å². The highest BCUT2D eigenvalue weighted by molar-refractivity contribution is 7.99. The molecule has 1 unspecified atom stereocenters. The summed E-state index contributed by atoms with van der Waals surface area (Å²) < 4.78 is 22.0. The minimum atomic E-state index is -0.986. The van der Waals surface area contributed by atoms with E-state index in [0.717, 1.165) is 17.7 Å². The number of carbonyl (C=O) groups excluding carboxylic acids is 1. The van der Waals surface area contributed by atoms with E-state index in [1.165, 1.54) is 4.90 Å². The molecule has 0 saturated carbocycles. The van der Waals surface area contributed by atoms with Crippen LogP contribution >= 0.6 is 11.8 Å². The fourth-order valence-corrected chi connectivity index (χ4v) is 4.57. The van der Waals surface area contributed by atoms with Gasteiger partial charge in [-0.1, -0.05) is 36.4 Å². The predicted octanol–water partition coefficient (Wildman–Crippen LogP) is 5.79. The largest absolute Gasteiger partial charge is 0.497 e. The van der Waals surface area contributed by atoms with E-state index in [4.69, 9.17) is 18.9 Å². The fraction of sp³-hybridized carbons (Fsp3) is 0.333. The molecule has 0 saturated heterocycles. The number of nitrogens with zero attached hydrogens (tertiary/aromatic N) is 1. The van der Waals surface area contributed by atoms with E-state index in [0.29, 0.717) is 36.9 Å². The second-order valence-corrected chi connectivity index (χ2v) is 9.70. The van der Waals surface area contributed by atoms with E-state index in [2.05, 4.69) is 12.1 Å². The summed E-state index contributed by atoms with van der Waals surface area (Å²) >= 11 is 1.74. The lowest BCUT2D eigenvalue weighted by Gasteiger charge is -2.22. The molecule has 0 radical (unpaired) electrons. The molecule has 0 bridgehead atoms. The minimum absolute atomic E-state index is 0.272. The minimum Gasteiger partial charge on any atom is -0.497 e.